The van der Waals surface area contributed by atoms with E-state index in [1.54, 1.807) is 26.9 Å². The molecule has 8 atom stereocenters. The van der Waals surface area contributed by atoms with Crippen molar-refractivity contribution in [3.05, 3.63) is 25.3 Å². The van der Waals surface area contributed by atoms with Crippen LogP contribution in [0.5, 0.6) is 0 Å². The summed E-state index contributed by atoms with van der Waals surface area (Å²) in [5.41, 5.74) is -1.14. The Balaban J connectivity index is 2.17. The number of alkyl halides is 1. The molecule has 0 aromatic carbocycles. The monoisotopic (exact) mass is 581 g/mol. The van der Waals surface area contributed by atoms with Gasteiger partial charge in [0, 0.05) is 30.5 Å². The average Bonchev–Trinajstić information content (AvgIpc) is 3.45. The quantitative estimate of drug-likeness (QED) is 0.267. The van der Waals surface area contributed by atoms with Gasteiger partial charge >= 0.3 is 0 Å². The molecule has 2 bridgehead atoms. The second-order valence-corrected chi connectivity index (χ2v) is 12.2. The molecule has 3 saturated heterocycles. The van der Waals surface area contributed by atoms with Gasteiger partial charge in [-0.05, 0) is 32.6 Å². The summed E-state index contributed by atoms with van der Waals surface area (Å²) >= 11 is 3.74. The Morgan fingerprint density at radius 3 is 2.38 bits per heavy atom. The number of halogens is 1. The van der Waals surface area contributed by atoms with Crippen molar-refractivity contribution in [2.45, 2.75) is 88.5 Å². The maximum absolute atomic E-state index is 14.4. The number of ether oxygens (including phenoxy) is 1. The molecule has 3 aliphatic heterocycles. The molecule has 208 valence electrons. The summed E-state index contributed by atoms with van der Waals surface area (Å²) in [5, 5.41) is 10.5. The van der Waals surface area contributed by atoms with Crippen molar-refractivity contribution in [1.82, 2.24) is 14.7 Å². The first-order valence-corrected chi connectivity index (χ1v) is 14.5. The Morgan fingerprint density at radius 2 is 1.86 bits per heavy atom. The number of nitrogens with zero attached hydrogens (tertiary/aromatic N) is 3. The second-order valence-electron chi connectivity index (χ2n) is 11.0. The van der Waals surface area contributed by atoms with E-state index in [2.05, 4.69) is 29.1 Å². The molecule has 1 N–H and O–H groups in total. The van der Waals surface area contributed by atoms with Crippen LogP contribution in [-0.4, -0.2) is 98.4 Å². The van der Waals surface area contributed by atoms with E-state index in [9.17, 15) is 19.5 Å². The zero-order valence-electron chi connectivity index (χ0n) is 22.9. The molecular weight excluding hydrogens is 538 g/mol. The predicted molar refractivity (Wildman–Crippen MR) is 147 cm³/mol. The van der Waals surface area contributed by atoms with E-state index in [1.807, 2.05) is 34.6 Å². The van der Waals surface area contributed by atoms with Crippen LogP contribution in [0.2, 0.25) is 0 Å². The van der Waals surface area contributed by atoms with Gasteiger partial charge in [-0.15, -0.1) is 13.2 Å². The maximum Gasteiger partial charge on any atom is 0.248 e. The van der Waals surface area contributed by atoms with Crippen molar-refractivity contribution >= 4 is 33.7 Å². The lowest BCUT2D eigenvalue weighted by atomic mass is 9.70. The number of aliphatic hydroxyl groups is 1. The first kappa shape index (κ1) is 29.8. The third-order valence-corrected chi connectivity index (χ3v) is 9.32. The molecule has 0 aromatic rings. The van der Waals surface area contributed by atoms with Gasteiger partial charge in [-0.25, -0.2) is 0 Å². The Morgan fingerprint density at radius 1 is 1.22 bits per heavy atom. The highest BCUT2D eigenvalue weighted by Crippen LogP contribution is 2.61. The van der Waals surface area contributed by atoms with E-state index in [1.165, 1.54) is 0 Å². The van der Waals surface area contributed by atoms with Crippen LogP contribution in [0.3, 0.4) is 0 Å². The highest BCUT2D eigenvalue weighted by Gasteiger charge is 2.77. The Hall–Kier alpha value is -1.71. The largest absolute Gasteiger partial charge is 0.394 e. The van der Waals surface area contributed by atoms with Crippen LogP contribution < -0.4 is 0 Å². The lowest BCUT2D eigenvalue weighted by molar-refractivity contribution is -0.154. The normalized spacial score (nSPS) is 31.8. The number of carbonyl (C=O) groups is 3. The molecule has 37 heavy (non-hydrogen) atoms. The van der Waals surface area contributed by atoms with Gasteiger partial charge in [0.1, 0.15) is 11.6 Å². The minimum atomic E-state index is -1.14. The molecule has 3 amide bonds. The molecule has 9 heteroatoms. The van der Waals surface area contributed by atoms with E-state index in [-0.39, 0.29) is 41.1 Å². The smallest absolute Gasteiger partial charge is 0.248 e. The van der Waals surface area contributed by atoms with Crippen LogP contribution in [0, 0.1) is 17.8 Å². The summed E-state index contributed by atoms with van der Waals surface area (Å²) in [6.45, 7) is 18.5. The maximum atomic E-state index is 14.4. The van der Waals surface area contributed by atoms with Crippen molar-refractivity contribution in [1.29, 1.82) is 0 Å². The molecule has 3 rings (SSSR count). The fraction of sp³-hybridized carbons (Fsp3) is 0.750. The van der Waals surface area contributed by atoms with Gasteiger partial charge in [-0.3, -0.25) is 14.4 Å². The van der Waals surface area contributed by atoms with E-state index >= 15 is 0 Å². The van der Waals surface area contributed by atoms with Crippen LogP contribution in [0.4, 0.5) is 0 Å². The molecule has 0 saturated carbocycles. The summed E-state index contributed by atoms with van der Waals surface area (Å²) in [6, 6.07) is -1.62. The summed E-state index contributed by atoms with van der Waals surface area (Å²) in [7, 11) is 0. The number of hydrogen-bond donors (Lipinski definition) is 1. The summed E-state index contributed by atoms with van der Waals surface area (Å²) < 4.78 is 6.65. The minimum Gasteiger partial charge on any atom is -0.394 e. The summed E-state index contributed by atoms with van der Waals surface area (Å²) in [5.74, 6) is -2.17. The molecule has 1 spiro atoms. The predicted octanol–water partition coefficient (Wildman–Crippen LogP) is 2.99. The van der Waals surface area contributed by atoms with Crippen molar-refractivity contribution in [3.8, 4) is 0 Å². The van der Waals surface area contributed by atoms with Gasteiger partial charge < -0.3 is 24.5 Å². The van der Waals surface area contributed by atoms with Crippen LogP contribution in [0.15, 0.2) is 25.3 Å². The zero-order valence-corrected chi connectivity index (χ0v) is 24.5. The number of hydrogen-bond acceptors (Lipinski definition) is 5. The molecular formula is C28H44BrN3O5. The van der Waals surface area contributed by atoms with E-state index in [4.69, 9.17) is 4.74 Å². The van der Waals surface area contributed by atoms with Crippen molar-refractivity contribution in [3.63, 3.8) is 0 Å². The molecule has 0 aliphatic carbocycles. The molecule has 3 aliphatic rings. The minimum absolute atomic E-state index is 0.0464. The summed E-state index contributed by atoms with van der Waals surface area (Å²) in [6.07, 6.45) is 4.81. The lowest BCUT2D eigenvalue weighted by Gasteiger charge is -2.41. The topological polar surface area (TPSA) is 90.4 Å². The van der Waals surface area contributed by atoms with Crippen LogP contribution >= 0.6 is 15.9 Å². The second kappa shape index (κ2) is 12.0. The van der Waals surface area contributed by atoms with Gasteiger partial charge in [-0.1, -0.05) is 55.3 Å². The van der Waals surface area contributed by atoms with Crippen molar-refractivity contribution in [2.24, 2.45) is 17.8 Å². The van der Waals surface area contributed by atoms with Gasteiger partial charge in [-0.2, -0.15) is 0 Å². The Bertz CT molecular complexity index is 897. The zero-order chi connectivity index (χ0) is 27.7. The first-order valence-electron chi connectivity index (χ1n) is 13.6. The number of carbonyl (C=O) groups excluding carboxylic acids is 3. The number of rotatable bonds is 13. The van der Waals surface area contributed by atoms with Crippen LogP contribution in [-0.2, 0) is 19.1 Å². The lowest BCUT2D eigenvalue weighted by Crippen LogP contribution is -2.60. The Labute approximate surface area is 230 Å². The SMILES string of the molecule is C=CCN(CCC)C(=O)[C@H]1[C@H]2C(=O)N([C@@H](CO)[C@@H](C)CC)C(C(=O)N(CC=C)C(C)C)C23CC(Br)[C@@H]1O3. The van der Waals surface area contributed by atoms with Crippen molar-refractivity contribution in [2.75, 3.05) is 26.2 Å². The average molecular weight is 583 g/mol. The van der Waals surface area contributed by atoms with Crippen LogP contribution in [0.25, 0.3) is 0 Å². The third-order valence-electron chi connectivity index (χ3n) is 8.48. The molecule has 0 radical (unpaired) electrons. The molecule has 3 fully saturated rings. The fourth-order valence-corrected chi connectivity index (χ4v) is 7.52. The van der Waals surface area contributed by atoms with Gasteiger partial charge in [0.15, 0.2) is 0 Å². The fourth-order valence-electron chi connectivity index (χ4n) is 6.58. The molecule has 8 nitrogen and oxygen atoms in total. The van der Waals surface area contributed by atoms with Crippen LogP contribution in [0.1, 0.15) is 53.9 Å². The highest BCUT2D eigenvalue weighted by molar-refractivity contribution is 9.09. The third kappa shape index (κ3) is 4.91. The number of likely N-dealkylation sites (tertiary alicyclic amines) is 1. The van der Waals surface area contributed by atoms with Gasteiger partial charge in [0.2, 0.25) is 17.7 Å². The van der Waals surface area contributed by atoms with E-state index in [0.717, 1.165) is 12.8 Å². The number of fused-ring (bicyclic) bond motifs is 1. The van der Waals surface area contributed by atoms with Crippen molar-refractivity contribution < 1.29 is 24.2 Å². The standard InChI is InChI=1S/C28H44BrN3O5/c1-8-12-30(13-9-2)25(34)21-22-26(35)32(20(16-33)18(7)11-4)24(27(36)31(14-10-3)17(5)6)28(22)15-19(29)23(21)37-28/h8,10,17-24,33H,1,3,9,11-16H2,2,4-7H3/t18-,19?,20-,21-,22-,23-,24?,28?/m0/s1. The Kier molecular flexibility index (Phi) is 9.67. The van der Waals surface area contributed by atoms with E-state index < -0.39 is 35.6 Å². The highest BCUT2D eigenvalue weighted by atomic mass is 79.9. The first-order chi connectivity index (χ1) is 17.6. The molecule has 0 aromatic heterocycles. The number of amides is 3. The van der Waals surface area contributed by atoms with Gasteiger partial charge in [0.25, 0.3) is 0 Å². The molecule has 3 heterocycles. The molecule has 3 unspecified atom stereocenters. The summed E-state index contributed by atoms with van der Waals surface area (Å²) in [4.78, 5) is 47.5. The van der Waals surface area contributed by atoms with Gasteiger partial charge in [0.05, 0.1) is 30.6 Å². The van der Waals surface area contributed by atoms with E-state index in [0.29, 0.717) is 26.1 Å². The number of aliphatic hydroxyl groups excluding tert-OH is 1.